The summed E-state index contributed by atoms with van der Waals surface area (Å²) in [5, 5.41) is 3.72. The van der Waals surface area contributed by atoms with Gasteiger partial charge in [-0.1, -0.05) is 26.3 Å². The Hall–Kier alpha value is -2.49. The molecule has 1 aromatic carbocycles. The van der Waals surface area contributed by atoms with Gasteiger partial charge in [-0.25, -0.2) is 4.39 Å². The van der Waals surface area contributed by atoms with E-state index in [1.165, 1.54) is 12.5 Å². The summed E-state index contributed by atoms with van der Waals surface area (Å²) in [5.74, 6) is 0.0387. The van der Waals surface area contributed by atoms with Crippen LogP contribution in [0.5, 0.6) is 0 Å². The lowest BCUT2D eigenvalue weighted by atomic mass is 10.0. The van der Waals surface area contributed by atoms with Crippen molar-refractivity contribution in [3.8, 4) is 0 Å². The van der Waals surface area contributed by atoms with Gasteiger partial charge in [-0.15, -0.1) is 0 Å². The molecule has 10 heteroatoms. The number of carbonyl (C=O) groups excluding carboxylic acids is 1. The van der Waals surface area contributed by atoms with Crippen molar-refractivity contribution in [3.05, 3.63) is 24.3 Å². The van der Waals surface area contributed by atoms with E-state index in [0.29, 0.717) is 29.6 Å². The average Bonchev–Trinajstić information content (AvgIpc) is 2.94. The van der Waals surface area contributed by atoms with E-state index >= 15 is 0 Å². The predicted molar refractivity (Wildman–Crippen MR) is 113 cm³/mol. The van der Waals surface area contributed by atoms with E-state index in [1.807, 2.05) is 11.9 Å². The molecule has 0 spiro atoms. The van der Waals surface area contributed by atoms with Crippen LogP contribution in [0.1, 0.15) is 26.7 Å². The number of anilines is 2. The first kappa shape index (κ1) is 25.5. The van der Waals surface area contributed by atoms with Crippen LogP contribution in [0.4, 0.5) is 29.1 Å². The number of alkyl halides is 4. The molecule has 2 heterocycles. The molecule has 1 saturated heterocycles. The van der Waals surface area contributed by atoms with Crippen LogP contribution in [0.15, 0.2) is 24.3 Å². The quantitative estimate of drug-likeness (QED) is 0.508. The lowest BCUT2D eigenvalue weighted by Gasteiger charge is -2.33. The molecule has 2 unspecified atom stereocenters. The zero-order valence-electron chi connectivity index (χ0n) is 17.5. The number of nitrogens with one attached hydrogen (secondary N) is 1. The molecule has 1 fully saturated rings. The number of fused-ring (bicyclic) bond motifs is 1. The monoisotopic (exact) mass is 433 g/mol. The van der Waals surface area contributed by atoms with Gasteiger partial charge in [0.2, 0.25) is 6.41 Å². The molecule has 0 bridgehead atoms. The van der Waals surface area contributed by atoms with Crippen LogP contribution < -0.4 is 16.8 Å². The van der Waals surface area contributed by atoms with Crippen molar-refractivity contribution in [2.24, 2.45) is 5.73 Å². The summed E-state index contributed by atoms with van der Waals surface area (Å²) in [6.45, 7) is 4.21. The van der Waals surface area contributed by atoms with Gasteiger partial charge in [0.1, 0.15) is 18.5 Å². The van der Waals surface area contributed by atoms with Gasteiger partial charge >= 0.3 is 6.18 Å². The number of nitrogens with two attached hydrogens (primary N) is 2. The number of nitrogens with zero attached hydrogens (tertiary/aromatic N) is 2. The minimum Gasteiger partial charge on any atom is -0.385 e. The highest BCUT2D eigenvalue weighted by Crippen LogP contribution is 2.32. The molecule has 3 rings (SSSR count). The van der Waals surface area contributed by atoms with Crippen molar-refractivity contribution in [3.63, 3.8) is 0 Å². The Labute approximate surface area is 174 Å². The summed E-state index contributed by atoms with van der Waals surface area (Å²) >= 11 is 0. The minimum absolute atomic E-state index is 0.0387. The van der Waals surface area contributed by atoms with Gasteiger partial charge in [-0.05, 0) is 31.7 Å². The van der Waals surface area contributed by atoms with Gasteiger partial charge in [-0.2, -0.15) is 13.2 Å². The second-order valence-corrected chi connectivity index (χ2v) is 7.17. The Bertz CT molecular complexity index is 793. The van der Waals surface area contributed by atoms with Crippen molar-refractivity contribution >= 4 is 28.8 Å². The highest BCUT2D eigenvalue weighted by Gasteiger charge is 2.30. The molecular formula is C20H31F4N5O. The molecule has 30 heavy (non-hydrogen) atoms. The van der Waals surface area contributed by atoms with Gasteiger partial charge in [-0.3, -0.25) is 4.79 Å². The molecule has 0 aliphatic carbocycles. The molecule has 2 aromatic rings. The number of hydrogen-bond acceptors (Lipinski definition) is 4. The normalized spacial score (nSPS) is 19.3. The average molecular weight is 433 g/mol. The van der Waals surface area contributed by atoms with E-state index in [9.17, 15) is 17.6 Å². The Balaban J connectivity index is 0.000000672. The van der Waals surface area contributed by atoms with Gasteiger partial charge in [0.15, 0.2) is 0 Å². The largest absolute Gasteiger partial charge is 0.406 e. The standard InChI is InChI=1S/C16H20F4N4.C3H8.CH3NO/c1-23-6-5-13(11(17)8-23)22-12-3-2-4-14-10(12)7-15(21)24(14)9-16(18,19)20;1-3-2;2-1-3/h2-4,7,11,13,22H,5-6,8-9,21H2,1H3;3H2,1-2H3;1H,(H2,2,3). The molecule has 1 aliphatic rings. The number of amides is 1. The first-order chi connectivity index (χ1) is 14.1. The summed E-state index contributed by atoms with van der Waals surface area (Å²) in [4.78, 5) is 10.5. The van der Waals surface area contributed by atoms with Gasteiger partial charge in [0, 0.05) is 24.2 Å². The number of nitrogen functional groups attached to an aromatic ring is 1. The van der Waals surface area contributed by atoms with E-state index in [-0.39, 0.29) is 18.3 Å². The third kappa shape index (κ3) is 7.40. The van der Waals surface area contributed by atoms with Crippen molar-refractivity contribution in [1.29, 1.82) is 0 Å². The van der Waals surface area contributed by atoms with Crippen LogP contribution >= 0.6 is 0 Å². The molecule has 0 radical (unpaired) electrons. The maximum atomic E-state index is 14.2. The van der Waals surface area contributed by atoms with Crippen LogP contribution in [0.25, 0.3) is 10.9 Å². The number of rotatable bonds is 3. The van der Waals surface area contributed by atoms with Crippen LogP contribution in [0.2, 0.25) is 0 Å². The lowest BCUT2D eigenvalue weighted by molar-refractivity contribution is -0.139. The number of benzene rings is 1. The fraction of sp³-hybridized carbons (Fsp3) is 0.550. The fourth-order valence-corrected chi connectivity index (χ4v) is 3.21. The third-order valence-electron chi connectivity index (χ3n) is 4.40. The summed E-state index contributed by atoms with van der Waals surface area (Å²) in [7, 11) is 1.86. The fourth-order valence-electron chi connectivity index (χ4n) is 3.21. The number of aromatic nitrogens is 1. The summed E-state index contributed by atoms with van der Waals surface area (Å²) < 4.78 is 53.5. The van der Waals surface area contributed by atoms with Crippen LogP contribution in [0.3, 0.4) is 0 Å². The third-order valence-corrected chi connectivity index (χ3v) is 4.40. The van der Waals surface area contributed by atoms with E-state index < -0.39 is 18.9 Å². The molecule has 6 nitrogen and oxygen atoms in total. The van der Waals surface area contributed by atoms with Crippen molar-refractivity contribution < 1.29 is 22.4 Å². The zero-order chi connectivity index (χ0) is 22.9. The van der Waals surface area contributed by atoms with Crippen LogP contribution in [-0.4, -0.2) is 54.4 Å². The molecule has 170 valence electrons. The predicted octanol–water partition coefficient (Wildman–Crippen LogP) is 3.76. The Kier molecular flexibility index (Phi) is 9.91. The lowest BCUT2D eigenvalue weighted by Crippen LogP contribution is -2.46. The smallest absolute Gasteiger partial charge is 0.385 e. The number of piperidine rings is 1. The highest BCUT2D eigenvalue weighted by molar-refractivity contribution is 5.95. The molecule has 1 aromatic heterocycles. The number of likely N-dealkylation sites (tertiary alicyclic amines) is 1. The molecule has 0 saturated carbocycles. The molecule has 5 N–H and O–H groups in total. The van der Waals surface area contributed by atoms with E-state index in [4.69, 9.17) is 10.5 Å². The first-order valence-electron chi connectivity index (χ1n) is 9.76. The van der Waals surface area contributed by atoms with E-state index in [2.05, 4.69) is 24.9 Å². The first-order valence-corrected chi connectivity index (χ1v) is 9.76. The minimum atomic E-state index is -4.36. The number of halogens is 4. The molecule has 1 aliphatic heterocycles. The van der Waals surface area contributed by atoms with Gasteiger partial charge in [0.25, 0.3) is 0 Å². The van der Waals surface area contributed by atoms with Gasteiger partial charge in [0.05, 0.1) is 11.6 Å². The number of hydrogen-bond donors (Lipinski definition) is 3. The Morgan fingerprint density at radius 2 is 1.90 bits per heavy atom. The van der Waals surface area contributed by atoms with Crippen LogP contribution in [-0.2, 0) is 11.3 Å². The SMILES string of the molecule is CCC.CN1CCC(Nc2cccc3c2cc(N)n3CC(F)(F)F)C(F)C1.NC=O. The Morgan fingerprint density at radius 1 is 1.30 bits per heavy atom. The van der Waals surface area contributed by atoms with Crippen molar-refractivity contribution in [2.75, 3.05) is 31.2 Å². The maximum Gasteiger partial charge on any atom is 0.406 e. The summed E-state index contributed by atoms with van der Waals surface area (Å²) in [6.07, 6.45) is -3.26. The van der Waals surface area contributed by atoms with E-state index in [0.717, 1.165) is 11.1 Å². The number of primary amides is 1. The van der Waals surface area contributed by atoms with Crippen LogP contribution in [0, 0.1) is 0 Å². The van der Waals surface area contributed by atoms with Crippen molar-refractivity contribution in [2.45, 2.75) is 51.6 Å². The molecular weight excluding hydrogens is 402 g/mol. The topological polar surface area (TPSA) is 89.3 Å². The van der Waals surface area contributed by atoms with Gasteiger partial charge < -0.3 is 26.3 Å². The van der Waals surface area contributed by atoms with Crippen molar-refractivity contribution in [1.82, 2.24) is 9.47 Å². The maximum absolute atomic E-state index is 14.2. The number of carbonyl (C=O) groups is 1. The molecule has 1 amide bonds. The highest BCUT2D eigenvalue weighted by atomic mass is 19.4. The zero-order valence-corrected chi connectivity index (χ0v) is 17.5. The van der Waals surface area contributed by atoms with E-state index in [1.54, 1.807) is 18.2 Å². The Morgan fingerprint density at radius 3 is 2.43 bits per heavy atom. The molecule has 2 atom stereocenters. The summed E-state index contributed by atoms with van der Waals surface area (Å²) in [5.41, 5.74) is 10.9. The second kappa shape index (κ2) is 11.6. The summed E-state index contributed by atoms with van der Waals surface area (Å²) in [6, 6.07) is 6.12. The second-order valence-electron chi connectivity index (χ2n) is 7.17.